The molecule has 3 N–H and O–H groups in total. The molecular formula is C18H28O6. The lowest BCUT2D eigenvalue weighted by molar-refractivity contribution is -0.297. The molecule has 0 radical (unpaired) electrons. The number of rotatable bonds is 8. The van der Waals surface area contributed by atoms with Gasteiger partial charge in [0.1, 0.15) is 24.1 Å². The van der Waals surface area contributed by atoms with Gasteiger partial charge < -0.3 is 29.5 Å². The number of unbranched alkanes of at least 4 members (excludes halogenated alkanes) is 1. The molecule has 136 valence electrons. The van der Waals surface area contributed by atoms with Crippen molar-refractivity contribution in [3.63, 3.8) is 0 Å². The summed E-state index contributed by atoms with van der Waals surface area (Å²) >= 11 is 0. The summed E-state index contributed by atoms with van der Waals surface area (Å²) in [6.07, 6.45) is -1.74. The molecule has 6 nitrogen and oxygen atoms in total. The summed E-state index contributed by atoms with van der Waals surface area (Å²) in [5, 5.41) is 29.6. The van der Waals surface area contributed by atoms with Gasteiger partial charge in [-0.25, -0.2) is 0 Å². The van der Waals surface area contributed by atoms with Crippen molar-refractivity contribution in [2.45, 2.75) is 63.3 Å². The van der Waals surface area contributed by atoms with E-state index in [-0.39, 0.29) is 0 Å². The summed E-state index contributed by atoms with van der Waals surface area (Å²) in [6, 6.07) is 7.96. The normalized spacial score (nSPS) is 30.3. The standard InChI is InChI=1S/C18H28O6/c1-3-14-15(19)16(20)17(21)18(24-14)23-11-5-4-6-12-7-9-13(22-2)10-8-12/h7-10,14-21H,3-6,11H2,1-2H3/t14-,15-,16+,17-,18-/m0/s1. The van der Waals surface area contributed by atoms with E-state index < -0.39 is 30.7 Å². The van der Waals surface area contributed by atoms with Crippen molar-refractivity contribution in [1.82, 2.24) is 0 Å². The molecule has 0 unspecified atom stereocenters. The van der Waals surface area contributed by atoms with E-state index in [0.29, 0.717) is 13.0 Å². The zero-order valence-electron chi connectivity index (χ0n) is 14.3. The number of methoxy groups -OCH3 is 1. The van der Waals surface area contributed by atoms with E-state index in [2.05, 4.69) is 0 Å². The number of aliphatic hydroxyl groups excluding tert-OH is 3. The van der Waals surface area contributed by atoms with Crippen LogP contribution in [0, 0.1) is 0 Å². The van der Waals surface area contributed by atoms with Gasteiger partial charge >= 0.3 is 0 Å². The first-order valence-electron chi connectivity index (χ1n) is 8.51. The summed E-state index contributed by atoms with van der Waals surface area (Å²) in [5.74, 6) is 0.844. The molecule has 0 amide bonds. The fourth-order valence-electron chi connectivity index (χ4n) is 2.81. The highest BCUT2D eigenvalue weighted by molar-refractivity contribution is 5.27. The Morgan fingerprint density at radius 2 is 1.71 bits per heavy atom. The van der Waals surface area contributed by atoms with Gasteiger partial charge in [0.2, 0.25) is 0 Å². The topological polar surface area (TPSA) is 88.4 Å². The molecule has 0 spiro atoms. The van der Waals surface area contributed by atoms with Crippen molar-refractivity contribution in [2.24, 2.45) is 0 Å². The van der Waals surface area contributed by atoms with Crippen LogP contribution in [0.4, 0.5) is 0 Å². The highest BCUT2D eigenvalue weighted by Gasteiger charge is 2.43. The Morgan fingerprint density at radius 1 is 1.00 bits per heavy atom. The summed E-state index contributed by atoms with van der Waals surface area (Å²) < 4.78 is 16.2. The Balaban J connectivity index is 1.69. The zero-order chi connectivity index (χ0) is 17.5. The van der Waals surface area contributed by atoms with Gasteiger partial charge in [-0.15, -0.1) is 0 Å². The zero-order valence-corrected chi connectivity index (χ0v) is 14.3. The number of aryl methyl sites for hydroxylation is 1. The van der Waals surface area contributed by atoms with E-state index in [1.165, 1.54) is 5.56 Å². The summed E-state index contributed by atoms with van der Waals surface area (Å²) in [5.41, 5.74) is 1.23. The maximum atomic E-state index is 9.93. The van der Waals surface area contributed by atoms with Crippen LogP contribution in [0.2, 0.25) is 0 Å². The van der Waals surface area contributed by atoms with Crippen molar-refractivity contribution in [3.8, 4) is 5.75 Å². The predicted molar refractivity (Wildman–Crippen MR) is 88.9 cm³/mol. The minimum absolute atomic E-state index is 0.428. The van der Waals surface area contributed by atoms with Gasteiger partial charge in [-0.3, -0.25) is 0 Å². The quantitative estimate of drug-likeness (QED) is 0.617. The van der Waals surface area contributed by atoms with E-state index in [0.717, 1.165) is 25.0 Å². The van der Waals surface area contributed by atoms with Crippen LogP contribution in [-0.4, -0.2) is 59.7 Å². The third-order valence-corrected chi connectivity index (χ3v) is 4.37. The predicted octanol–water partition coefficient (Wildman–Crippen LogP) is 1.25. The molecule has 1 aliphatic heterocycles. The molecule has 6 heteroatoms. The highest BCUT2D eigenvalue weighted by Crippen LogP contribution is 2.24. The van der Waals surface area contributed by atoms with Crippen LogP contribution in [0.3, 0.4) is 0 Å². The minimum atomic E-state index is -1.24. The molecule has 1 saturated heterocycles. The number of hydrogen-bond donors (Lipinski definition) is 3. The second-order valence-electron chi connectivity index (χ2n) is 6.10. The molecule has 1 aromatic carbocycles. The van der Waals surface area contributed by atoms with Crippen LogP contribution in [-0.2, 0) is 15.9 Å². The Kier molecular flexibility index (Phi) is 7.45. The van der Waals surface area contributed by atoms with Gasteiger partial charge in [0.15, 0.2) is 6.29 Å². The van der Waals surface area contributed by atoms with Crippen LogP contribution < -0.4 is 4.74 Å². The summed E-state index contributed by atoms with van der Waals surface area (Å²) in [4.78, 5) is 0. The minimum Gasteiger partial charge on any atom is -0.497 e. The van der Waals surface area contributed by atoms with E-state index in [9.17, 15) is 15.3 Å². The molecule has 5 atom stereocenters. The third-order valence-electron chi connectivity index (χ3n) is 4.37. The molecule has 1 heterocycles. The first-order chi connectivity index (χ1) is 11.6. The fraction of sp³-hybridized carbons (Fsp3) is 0.667. The molecule has 1 fully saturated rings. The van der Waals surface area contributed by atoms with Crippen LogP contribution in [0.15, 0.2) is 24.3 Å². The Morgan fingerprint density at radius 3 is 2.33 bits per heavy atom. The lowest BCUT2D eigenvalue weighted by Gasteiger charge is -2.40. The van der Waals surface area contributed by atoms with E-state index >= 15 is 0 Å². The number of hydrogen-bond acceptors (Lipinski definition) is 6. The van der Waals surface area contributed by atoms with Crippen LogP contribution >= 0.6 is 0 Å². The average molecular weight is 340 g/mol. The van der Waals surface area contributed by atoms with Crippen molar-refractivity contribution in [2.75, 3.05) is 13.7 Å². The van der Waals surface area contributed by atoms with Gasteiger partial charge in [0.25, 0.3) is 0 Å². The maximum Gasteiger partial charge on any atom is 0.186 e. The van der Waals surface area contributed by atoms with E-state index in [1.54, 1.807) is 7.11 Å². The van der Waals surface area contributed by atoms with E-state index in [4.69, 9.17) is 14.2 Å². The molecule has 1 aromatic rings. The van der Waals surface area contributed by atoms with Gasteiger partial charge in [-0.2, -0.15) is 0 Å². The molecule has 0 saturated carbocycles. The van der Waals surface area contributed by atoms with Crippen LogP contribution in [0.25, 0.3) is 0 Å². The molecule has 0 aromatic heterocycles. The van der Waals surface area contributed by atoms with Gasteiger partial charge in [-0.05, 0) is 43.4 Å². The monoisotopic (exact) mass is 340 g/mol. The number of ether oxygens (including phenoxy) is 3. The second kappa shape index (κ2) is 9.34. The molecule has 2 rings (SSSR count). The highest BCUT2D eigenvalue weighted by atomic mass is 16.7. The smallest absolute Gasteiger partial charge is 0.186 e. The first kappa shape index (κ1) is 19.1. The van der Waals surface area contributed by atoms with Gasteiger partial charge in [-0.1, -0.05) is 19.1 Å². The molecular weight excluding hydrogens is 312 g/mol. The van der Waals surface area contributed by atoms with Crippen molar-refractivity contribution >= 4 is 0 Å². The number of benzene rings is 1. The first-order valence-corrected chi connectivity index (χ1v) is 8.51. The largest absolute Gasteiger partial charge is 0.497 e. The Hall–Kier alpha value is -1.18. The van der Waals surface area contributed by atoms with Gasteiger partial charge in [0.05, 0.1) is 13.2 Å². The van der Waals surface area contributed by atoms with Crippen molar-refractivity contribution in [1.29, 1.82) is 0 Å². The van der Waals surface area contributed by atoms with Crippen LogP contribution in [0.5, 0.6) is 5.75 Å². The SMILES string of the molecule is CC[C@@H]1O[C@H](OCCCCc2ccc(OC)cc2)[C@@H](O)[C@H](O)[C@H]1O. The van der Waals surface area contributed by atoms with Crippen molar-refractivity contribution in [3.05, 3.63) is 29.8 Å². The summed E-state index contributed by atoms with van der Waals surface area (Å²) in [7, 11) is 1.65. The molecule has 24 heavy (non-hydrogen) atoms. The molecule has 0 aliphatic carbocycles. The molecule has 1 aliphatic rings. The van der Waals surface area contributed by atoms with Crippen molar-refractivity contribution < 1.29 is 29.5 Å². The number of aliphatic hydroxyl groups is 3. The Bertz CT molecular complexity index is 475. The molecule has 0 bridgehead atoms. The lowest BCUT2D eigenvalue weighted by atomic mass is 9.97. The maximum absolute atomic E-state index is 9.93. The second-order valence-corrected chi connectivity index (χ2v) is 6.10. The lowest BCUT2D eigenvalue weighted by Crippen LogP contribution is -2.58. The van der Waals surface area contributed by atoms with Crippen LogP contribution in [0.1, 0.15) is 31.7 Å². The van der Waals surface area contributed by atoms with Gasteiger partial charge in [0, 0.05) is 6.61 Å². The fourth-order valence-corrected chi connectivity index (χ4v) is 2.81. The Labute approximate surface area is 143 Å². The summed E-state index contributed by atoms with van der Waals surface area (Å²) in [6.45, 7) is 2.28. The van der Waals surface area contributed by atoms with E-state index in [1.807, 2.05) is 31.2 Å². The third kappa shape index (κ3) is 4.91. The average Bonchev–Trinajstić information content (AvgIpc) is 2.61.